The van der Waals surface area contributed by atoms with Gasteiger partial charge in [0.05, 0.1) is 6.54 Å². The second kappa shape index (κ2) is 7.32. The third kappa shape index (κ3) is 4.14. The van der Waals surface area contributed by atoms with E-state index in [0.717, 1.165) is 11.1 Å². The fraction of sp³-hybridized carbons (Fsp3) is 0.105. The summed E-state index contributed by atoms with van der Waals surface area (Å²) in [5, 5.41) is 3.29. The van der Waals surface area contributed by atoms with E-state index >= 15 is 0 Å². The Morgan fingerprint density at radius 3 is 2.68 bits per heavy atom. The molecule has 1 amide bonds. The van der Waals surface area contributed by atoms with E-state index in [4.69, 9.17) is 11.6 Å². The quantitative estimate of drug-likeness (QED) is 0.780. The van der Waals surface area contributed by atoms with Crippen molar-refractivity contribution in [3.63, 3.8) is 0 Å². The highest BCUT2D eigenvalue weighted by Gasteiger charge is 2.13. The average molecular weight is 354 g/mol. The predicted molar refractivity (Wildman–Crippen MR) is 98.2 cm³/mol. The number of benzene rings is 1. The molecule has 6 heteroatoms. The predicted octanol–water partition coefficient (Wildman–Crippen LogP) is 3.51. The molecule has 0 aliphatic rings. The molecule has 1 aromatic carbocycles. The molecule has 2 heterocycles. The number of halogens is 1. The zero-order valence-corrected chi connectivity index (χ0v) is 14.3. The number of carbonyl (C=O) groups is 1. The van der Waals surface area contributed by atoms with E-state index in [0.29, 0.717) is 17.4 Å². The van der Waals surface area contributed by atoms with Gasteiger partial charge in [-0.3, -0.25) is 9.59 Å². The van der Waals surface area contributed by atoms with Crippen molar-refractivity contribution in [1.29, 1.82) is 0 Å². The molecule has 0 unspecified atom stereocenters. The Morgan fingerprint density at radius 1 is 1.20 bits per heavy atom. The first-order chi connectivity index (χ1) is 12.0. The van der Waals surface area contributed by atoms with Crippen molar-refractivity contribution in [3.05, 3.63) is 93.0 Å². The summed E-state index contributed by atoms with van der Waals surface area (Å²) in [4.78, 5) is 29.1. The second-order valence-corrected chi connectivity index (χ2v) is 6.09. The molecule has 0 saturated carbocycles. The van der Waals surface area contributed by atoms with Gasteiger partial charge in [0.2, 0.25) is 0 Å². The van der Waals surface area contributed by atoms with Crippen LogP contribution in [0.15, 0.2) is 65.7 Å². The first-order valence-electron chi connectivity index (χ1n) is 7.71. The lowest BCUT2D eigenvalue weighted by Gasteiger charge is -2.09. The molecule has 3 rings (SSSR count). The Morgan fingerprint density at radius 2 is 1.96 bits per heavy atom. The zero-order chi connectivity index (χ0) is 17.8. The molecular weight excluding hydrogens is 338 g/mol. The van der Waals surface area contributed by atoms with Gasteiger partial charge in [-0.05, 0) is 54.4 Å². The Hall–Kier alpha value is -2.92. The van der Waals surface area contributed by atoms with Crippen molar-refractivity contribution >= 4 is 23.3 Å². The molecule has 126 valence electrons. The second-order valence-electron chi connectivity index (χ2n) is 5.65. The molecule has 0 radical (unpaired) electrons. The van der Waals surface area contributed by atoms with Gasteiger partial charge in [-0.15, -0.1) is 0 Å². The summed E-state index contributed by atoms with van der Waals surface area (Å²) in [5.74, 6) is -0.0638. The molecule has 0 atom stereocenters. The minimum atomic E-state index is -0.478. The van der Waals surface area contributed by atoms with Crippen LogP contribution in [0.3, 0.4) is 0 Å². The van der Waals surface area contributed by atoms with Crippen LogP contribution in [-0.2, 0) is 6.54 Å². The van der Waals surface area contributed by atoms with Crippen LogP contribution in [0, 0.1) is 6.92 Å². The van der Waals surface area contributed by atoms with E-state index in [9.17, 15) is 9.59 Å². The third-order valence-corrected chi connectivity index (χ3v) is 3.94. The molecule has 1 N–H and O–H groups in total. The van der Waals surface area contributed by atoms with Gasteiger partial charge in [-0.1, -0.05) is 23.7 Å². The number of aromatic nitrogens is 2. The Labute approximate surface area is 149 Å². The van der Waals surface area contributed by atoms with Gasteiger partial charge in [0.25, 0.3) is 11.5 Å². The van der Waals surface area contributed by atoms with Gasteiger partial charge in [0, 0.05) is 17.4 Å². The summed E-state index contributed by atoms with van der Waals surface area (Å²) in [6, 6.07) is 14.0. The molecular formula is C19H16ClN3O2. The molecule has 0 spiro atoms. The van der Waals surface area contributed by atoms with Crippen molar-refractivity contribution in [1.82, 2.24) is 9.55 Å². The standard InChI is InChI=1S/C19H16ClN3O2/c1-13-8-9-21-17(11-13)22-18(24)16-3-2-10-23(19(16)25)12-14-4-6-15(20)7-5-14/h2-11H,12H2,1H3,(H,21,22,24). The monoisotopic (exact) mass is 353 g/mol. The van der Waals surface area contributed by atoms with E-state index in [1.54, 1.807) is 36.7 Å². The Bertz CT molecular complexity index is 965. The summed E-state index contributed by atoms with van der Waals surface area (Å²) in [6.07, 6.45) is 3.26. The van der Waals surface area contributed by atoms with Crippen molar-refractivity contribution in [2.45, 2.75) is 13.5 Å². The normalized spacial score (nSPS) is 10.5. The molecule has 5 nitrogen and oxygen atoms in total. The van der Waals surface area contributed by atoms with E-state index in [-0.39, 0.29) is 11.1 Å². The van der Waals surface area contributed by atoms with Gasteiger partial charge in [-0.25, -0.2) is 4.98 Å². The molecule has 0 fully saturated rings. The number of nitrogens with one attached hydrogen (secondary N) is 1. The Kier molecular flexibility index (Phi) is 4.95. The Balaban J connectivity index is 1.84. The average Bonchev–Trinajstić information content (AvgIpc) is 2.58. The lowest BCUT2D eigenvalue weighted by atomic mass is 10.2. The van der Waals surface area contributed by atoms with Crippen molar-refractivity contribution in [2.24, 2.45) is 0 Å². The molecule has 25 heavy (non-hydrogen) atoms. The summed E-state index contributed by atoms with van der Waals surface area (Å²) in [6.45, 7) is 2.26. The number of carbonyl (C=O) groups excluding carboxylic acids is 1. The first kappa shape index (κ1) is 16.9. The zero-order valence-electron chi connectivity index (χ0n) is 13.6. The molecule has 2 aromatic heterocycles. The summed E-state index contributed by atoms with van der Waals surface area (Å²) >= 11 is 5.87. The fourth-order valence-electron chi connectivity index (χ4n) is 2.41. The number of hydrogen-bond donors (Lipinski definition) is 1. The minimum absolute atomic E-state index is 0.0692. The van der Waals surface area contributed by atoms with Crippen LogP contribution in [0.2, 0.25) is 5.02 Å². The molecule has 0 aliphatic heterocycles. The third-order valence-electron chi connectivity index (χ3n) is 3.69. The van der Waals surface area contributed by atoms with E-state index < -0.39 is 5.91 Å². The van der Waals surface area contributed by atoms with Gasteiger partial charge in [0.1, 0.15) is 11.4 Å². The maximum atomic E-state index is 12.6. The summed E-state index contributed by atoms with van der Waals surface area (Å²) in [7, 11) is 0. The highest BCUT2D eigenvalue weighted by molar-refractivity contribution is 6.30. The maximum absolute atomic E-state index is 12.6. The highest BCUT2D eigenvalue weighted by atomic mass is 35.5. The number of anilines is 1. The van der Waals surface area contributed by atoms with Crippen LogP contribution >= 0.6 is 11.6 Å². The SMILES string of the molecule is Cc1ccnc(NC(=O)c2cccn(Cc3ccc(Cl)cc3)c2=O)c1. The molecule has 0 aliphatic carbocycles. The topological polar surface area (TPSA) is 64.0 Å². The fourth-order valence-corrected chi connectivity index (χ4v) is 2.53. The number of amides is 1. The van der Waals surface area contributed by atoms with Crippen LogP contribution in [0.1, 0.15) is 21.5 Å². The van der Waals surface area contributed by atoms with Crippen LogP contribution in [0.5, 0.6) is 0 Å². The van der Waals surface area contributed by atoms with Gasteiger partial charge < -0.3 is 9.88 Å². The van der Waals surface area contributed by atoms with E-state index in [2.05, 4.69) is 10.3 Å². The number of aryl methyl sites for hydroxylation is 1. The van der Waals surface area contributed by atoms with Gasteiger partial charge in [-0.2, -0.15) is 0 Å². The van der Waals surface area contributed by atoms with Crippen LogP contribution in [0.25, 0.3) is 0 Å². The van der Waals surface area contributed by atoms with Crippen molar-refractivity contribution < 1.29 is 4.79 Å². The molecule has 3 aromatic rings. The minimum Gasteiger partial charge on any atom is -0.310 e. The maximum Gasteiger partial charge on any atom is 0.263 e. The van der Waals surface area contributed by atoms with Crippen LogP contribution < -0.4 is 10.9 Å². The van der Waals surface area contributed by atoms with E-state index in [1.807, 2.05) is 25.1 Å². The van der Waals surface area contributed by atoms with Crippen LogP contribution in [0.4, 0.5) is 5.82 Å². The number of hydrogen-bond acceptors (Lipinski definition) is 3. The smallest absolute Gasteiger partial charge is 0.263 e. The van der Waals surface area contributed by atoms with Gasteiger partial charge in [0.15, 0.2) is 0 Å². The lowest BCUT2D eigenvalue weighted by Crippen LogP contribution is -2.29. The van der Waals surface area contributed by atoms with Crippen molar-refractivity contribution in [3.8, 4) is 0 Å². The summed E-state index contributed by atoms with van der Waals surface area (Å²) < 4.78 is 1.49. The van der Waals surface area contributed by atoms with Crippen molar-refractivity contribution in [2.75, 3.05) is 5.32 Å². The first-order valence-corrected chi connectivity index (χ1v) is 8.08. The van der Waals surface area contributed by atoms with Crippen LogP contribution in [-0.4, -0.2) is 15.5 Å². The number of rotatable bonds is 4. The van der Waals surface area contributed by atoms with E-state index in [1.165, 1.54) is 10.6 Å². The molecule has 0 saturated heterocycles. The molecule has 0 bridgehead atoms. The number of pyridine rings is 2. The number of nitrogens with zero attached hydrogens (tertiary/aromatic N) is 2. The lowest BCUT2D eigenvalue weighted by molar-refractivity contribution is 0.102. The van der Waals surface area contributed by atoms with Gasteiger partial charge >= 0.3 is 0 Å². The summed E-state index contributed by atoms with van der Waals surface area (Å²) in [5.41, 5.74) is 1.60. The largest absolute Gasteiger partial charge is 0.310 e. The highest BCUT2D eigenvalue weighted by Crippen LogP contribution is 2.11.